The Hall–Kier alpha value is -1.88. The summed E-state index contributed by atoms with van der Waals surface area (Å²) in [6.07, 6.45) is 2.07. The molecule has 19 heavy (non-hydrogen) atoms. The largest absolute Gasteiger partial charge is 0.462 e. The third-order valence-electron chi connectivity index (χ3n) is 3.36. The van der Waals surface area contributed by atoms with Crippen molar-refractivity contribution in [1.29, 1.82) is 0 Å². The van der Waals surface area contributed by atoms with Gasteiger partial charge in [-0.3, -0.25) is 4.79 Å². The molecule has 0 aliphatic carbocycles. The Kier molecular flexibility index (Phi) is 4.52. The number of carbonyl (C=O) groups is 2. The number of amides is 1. The first-order valence-corrected chi connectivity index (χ1v) is 6.41. The predicted octanol–water partition coefficient (Wildman–Crippen LogP) is 1.27. The highest BCUT2D eigenvalue weighted by Crippen LogP contribution is 2.30. The predicted molar refractivity (Wildman–Crippen MR) is 71.9 cm³/mol. The first-order chi connectivity index (χ1) is 9.22. The van der Waals surface area contributed by atoms with E-state index in [9.17, 15) is 9.59 Å². The normalized spacial score (nSPS) is 15.8. The first-order valence-electron chi connectivity index (χ1n) is 6.41. The van der Waals surface area contributed by atoms with Gasteiger partial charge in [0.05, 0.1) is 7.11 Å². The molecule has 0 unspecified atom stereocenters. The van der Waals surface area contributed by atoms with Crippen LogP contribution in [-0.2, 0) is 14.3 Å². The van der Waals surface area contributed by atoms with Crippen LogP contribution in [0.15, 0.2) is 24.3 Å². The fourth-order valence-electron chi connectivity index (χ4n) is 2.37. The van der Waals surface area contributed by atoms with Gasteiger partial charge < -0.3 is 15.4 Å². The molecule has 1 aliphatic rings. The molecule has 1 heterocycles. The van der Waals surface area contributed by atoms with Crippen LogP contribution in [0.3, 0.4) is 0 Å². The summed E-state index contributed by atoms with van der Waals surface area (Å²) >= 11 is 0. The van der Waals surface area contributed by atoms with Crippen LogP contribution < -0.4 is 10.6 Å². The number of hydrogen-bond donors (Lipinski definition) is 2. The fourth-order valence-corrected chi connectivity index (χ4v) is 2.37. The number of piperidine rings is 1. The number of ether oxygens (including phenoxy) is 1. The lowest BCUT2D eigenvalue weighted by molar-refractivity contribution is -0.150. The molecule has 2 N–H and O–H groups in total. The lowest BCUT2D eigenvalue weighted by atomic mass is 9.89. The second-order valence-electron chi connectivity index (χ2n) is 4.56. The monoisotopic (exact) mass is 262 g/mol. The van der Waals surface area contributed by atoms with Crippen molar-refractivity contribution in [3.8, 4) is 0 Å². The second kappa shape index (κ2) is 6.33. The number of benzene rings is 1. The fraction of sp³-hybridized carbons (Fsp3) is 0.429. The number of hydrogen-bond acceptors (Lipinski definition) is 4. The topological polar surface area (TPSA) is 67.4 Å². The van der Waals surface area contributed by atoms with E-state index in [0.29, 0.717) is 11.6 Å². The van der Waals surface area contributed by atoms with Gasteiger partial charge in [0.2, 0.25) is 0 Å². The van der Waals surface area contributed by atoms with Crippen LogP contribution in [0.25, 0.3) is 0 Å². The molecule has 0 aromatic heterocycles. The van der Waals surface area contributed by atoms with Crippen molar-refractivity contribution in [2.24, 2.45) is 0 Å². The van der Waals surface area contributed by atoms with Gasteiger partial charge in [0.1, 0.15) is 0 Å². The number of nitrogens with one attached hydrogen (secondary N) is 2. The Morgan fingerprint density at radius 3 is 2.63 bits per heavy atom. The van der Waals surface area contributed by atoms with E-state index in [-0.39, 0.29) is 0 Å². The minimum atomic E-state index is -0.875. The molecule has 1 amide bonds. The average molecular weight is 262 g/mol. The Morgan fingerprint density at radius 2 is 1.95 bits per heavy atom. The summed E-state index contributed by atoms with van der Waals surface area (Å²) in [6.45, 7) is 1.95. The summed E-state index contributed by atoms with van der Waals surface area (Å²) in [5, 5.41) is 5.94. The van der Waals surface area contributed by atoms with E-state index in [4.69, 9.17) is 0 Å². The molecule has 1 aromatic rings. The Bertz CT molecular complexity index is 468. The van der Waals surface area contributed by atoms with E-state index in [1.807, 2.05) is 24.3 Å². The highest BCUT2D eigenvalue weighted by molar-refractivity contribution is 6.37. The number of esters is 1. The van der Waals surface area contributed by atoms with Crippen LogP contribution in [0.5, 0.6) is 0 Å². The highest BCUT2D eigenvalue weighted by Gasteiger charge is 2.20. The molecule has 0 saturated carbocycles. The van der Waals surface area contributed by atoms with E-state index in [0.717, 1.165) is 31.5 Å². The maximum Gasteiger partial charge on any atom is 0.396 e. The lowest BCUT2D eigenvalue weighted by Gasteiger charge is -2.25. The molecule has 1 aromatic carbocycles. The van der Waals surface area contributed by atoms with Crippen LogP contribution in [0.4, 0.5) is 5.69 Å². The maximum absolute atomic E-state index is 11.6. The van der Waals surface area contributed by atoms with Gasteiger partial charge in [0, 0.05) is 5.69 Å². The number of rotatable bonds is 2. The zero-order valence-electron chi connectivity index (χ0n) is 10.9. The van der Waals surface area contributed by atoms with Crippen LogP contribution in [0.1, 0.15) is 24.3 Å². The number of carbonyl (C=O) groups excluding carboxylic acids is 2. The molecule has 2 rings (SSSR count). The van der Waals surface area contributed by atoms with E-state index in [2.05, 4.69) is 15.4 Å². The molecule has 1 aliphatic heterocycles. The molecule has 0 bridgehead atoms. The smallest absolute Gasteiger partial charge is 0.396 e. The van der Waals surface area contributed by atoms with Gasteiger partial charge in [0.15, 0.2) is 0 Å². The minimum Gasteiger partial charge on any atom is -0.462 e. The Morgan fingerprint density at radius 1 is 1.26 bits per heavy atom. The standard InChI is InChI=1S/C14H18N2O3/c1-19-14(18)13(17)16-12-5-3-2-4-11(12)10-6-8-15-9-7-10/h2-5,10,15H,6-9H2,1H3,(H,16,17). The summed E-state index contributed by atoms with van der Waals surface area (Å²) < 4.78 is 4.41. The van der Waals surface area contributed by atoms with Crippen molar-refractivity contribution in [2.45, 2.75) is 18.8 Å². The maximum atomic E-state index is 11.6. The van der Waals surface area contributed by atoms with Crippen molar-refractivity contribution >= 4 is 17.6 Å². The van der Waals surface area contributed by atoms with Crippen molar-refractivity contribution in [3.63, 3.8) is 0 Å². The third-order valence-corrected chi connectivity index (χ3v) is 3.36. The van der Waals surface area contributed by atoms with Crippen molar-refractivity contribution in [2.75, 3.05) is 25.5 Å². The molecule has 0 spiro atoms. The number of methoxy groups -OCH3 is 1. The van der Waals surface area contributed by atoms with Crippen molar-refractivity contribution in [3.05, 3.63) is 29.8 Å². The molecule has 0 atom stereocenters. The Balaban J connectivity index is 2.16. The van der Waals surface area contributed by atoms with Gasteiger partial charge in [-0.2, -0.15) is 0 Å². The van der Waals surface area contributed by atoms with Crippen molar-refractivity contribution < 1.29 is 14.3 Å². The molecular formula is C14H18N2O3. The van der Waals surface area contributed by atoms with Crippen molar-refractivity contribution in [1.82, 2.24) is 5.32 Å². The summed E-state index contributed by atoms with van der Waals surface area (Å²) in [7, 11) is 1.20. The van der Waals surface area contributed by atoms with Gasteiger partial charge in [-0.1, -0.05) is 18.2 Å². The molecule has 5 heteroatoms. The minimum absolute atomic E-state index is 0.412. The van der Waals surface area contributed by atoms with E-state index in [1.165, 1.54) is 7.11 Å². The number of para-hydroxylation sites is 1. The van der Waals surface area contributed by atoms with E-state index < -0.39 is 11.9 Å². The SMILES string of the molecule is COC(=O)C(=O)Nc1ccccc1C1CCNCC1. The van der Waals surface area contributed by atoms with Crippen LogP contribution >= 0.6 is 0 Å². The molecular weight excluding hydrogens is 244 g/mol. The second-order valence-corrected chi connectivity index (χ2v) is 4.56. The van der Waals surface area contributed by atoms with Crippen LogP contribution in [0.2, 0.25) is 0 Å². The molecule has 0 radical (unpaired) electrons. The zero-order valence-corrected chi connectivity index (χ0v) is 10.9. The molecule has 1 saturated heterocycles. The summed E-state index contributed by atoms with van der Waals surface area (Å²) in [5.74, 6) is -1.20. The number of anilines is 1. The zero-order chi connectivity index (χ0) is 13.7. The van der Waals surface area contributed by atoms with E-state index >= 15 is 0 Å². The van der Waals surface area contributed by atoms with E-state index in [1.54, 1.807) is 0 Å². The molecule has 1 fully saturated rings. The van der Waals surface area contributed by atoms with Gasteiger partial charge in [-0.25, -0.2) is 4.79 Å². The highest BCUT2D eigenvalue weighted by atomic mass is 16.5. The molecule has 5 nitrogen and oxygen atoms in total. The summed E-state index contributed by atoms with van der Waals surface area (Å²) in [5.41, 5.74) is 1.78. The summed E-state index contributed by atoms with van der Waals surface area (Å²) in [4.78, 5) is 22.7. The Labute approximate surface area is 112 Å². The van der Waals surface area contributed by atoms with Gasteiger partial charge in [0.25, 0.3) is 0 Å². The quantitative estimate of drug-likeness (QED) is 0.622. The van der Waals surface area contributed by atoms with Gasteiger partial charge in [-0.15, -0.1) is 0 Å². The third kappa shape index (κ3) is 3.32. The van der Waals surface area contributed by atoms with Crippen LogP contribution in [-0.4, -0.2) is 32.1 Å². The average Bonchev–Trinajstić information content (AvgIpc) is 2.47. The molecule has 102 valence electrons. The van der Waals surface area contributed by atoms with Gasteiger partial charge >= 0.3 is 11.9 Å². The summed E-state index contributed by atoms with van der Waals surface area (Å²) in [6, 6.07) is 7.61. The van der Waals surface area contributed by atoms with Gasteiger partial charge in [-0.05, 0) is 43.5 Å². The lowest BCUT2D eigenvalue weighted by Crippen LogP contribution is -2.28. The van der Waals surface area contributed by atoms with Crippen LogP contribution in [0, 0.1) is 0 Å². The first kappa shape index (κ1) is 13.5.